The highest BCUT2D eigenvalue weighted by Crippen LogP contribution is 1.91. The van der Waals surface area contributed by atoms with Crippen LogP contribution in [-0.2, 0) is 24.0 Å². The van der Waals surface area contributed by atoms with Gasteiger partial charge < -0.3 is 37.6 Å². The van der Waals surface area contributed by atoms with Crippen LogP contribution in [0.15, 0.2) is 0 Å². The van der Waals surface area contributed by atoms with Crippen LogP contribution < -0.4 is 27.4 Å². The quantitative estimate of drug-likeness (QED) is 0.203. The number of primary amides is 1. The van der Waals surface area contributed by atoms with Gasteiger partial charge in [0, 0.05) is 0 Å². The van der Waals surface area contributed by atoms with Crippen LogP contribution in [0.4, 0.5) is 0 Å². The van der Waals surface area contributed by atoms with Gasteiger partial charge in [-0.05, 0) is 6.92 Å². The molecule has 12 heteroatoms. The number of carbonyl (C=O) groups is 5. The van der Waals surface area contributed by atoms with Crippen molar-refractivity contribution in [2.24, 2.45) is 11.5 Å². The van der Waals surface area contributed by atoms with E-state index in [4.69, 9.17) is 21.7 Å². The van der Waals surface area contributed by atoms with E-state index < -0.39 is 67.3 Å². The minimum atomic E-state index is -1.40. The number of hydrogen-bond donors (Lipinski definition) is 7. The molecule has 0 rings (SSSR count). The number of amides is 4. The number of nitrogens with two attached hydrogens (primary N) is 2. The highest BCUT2D eigenvalue weighted by Gasteiger charge is 2.24. The monoisotopic (exact) mass is 347 g/mol. The van der Waals surface area contributed by atoms with Crippen LogP contribution in [0.3, 0.4) is 0 Å². The van der Waals surface area contributed by atoms with Crippen molar-refractivity contribution >= 4 is 29.6 Å². The molecule has 0 bridgehead atoms. The Hall–Kier alpha value is -2.73. The van der Waals surface area contributed by atoms with E-state index in [-0.39, 0.29) is 0 Å². The van der Waals surface area contributed by atoms with E-state index in [2.05, 4.69) is 16.0 Å². The Morgan fingerprint density at radius 2 is 1.67 bits per heavy atom. The molecule has 0 saturated carbocycles. The maximum atomic E-state index is 11.8. The molecular formula is C12H21N5O7. The third-order valence-electron chi connectivity index (χ3n) is 2.74. The Labute approximate surface area is 136 Å². The normalized spacial score (nSPS) is 14.0. The van der Waals surface area contributed by atoms with Crippen molar-refractivity contribution in [2.45, 2.75) is 31.5 Å². The molecule has 0 saturated heterocycles. The molecule has 0 fully saturated rings. The van der Waals surface area contributed by atoms with Gasteiger partial charge in [-0.2, -0.15) is 0 Å². The highest BCUT2D eigenvalue weighted by atomic mass is 16.4. The van der Waals surface area contributed by atoms with Crippen molar-refractivity contribution in [3.63, 3.8) is 0 Å². The molecule has 0 aliphatic heterocycles. The predicted octanol–water partition coefficient (Wildman–Crippen LogP) is -4.63. The molecule has 3 atom stereocenters. The number of carboxylic acids is 1. The zero-order valence-electron chi connectivity index (χ0n) is 12.9. The molecule has 0 aromatic heterocycles. The van der Waals surface area contributed by atoms with Crippen LogP contribution in [0.5, 0.6) is 0 Å². The van der Waals surface area contributed by atoms with Crippen LogP contribution in [-0.4, -0.2) is 71.1 Å². The fourth-order valence-electron chi connectivity index (χ4n) is 1.43. The Kier molecular flexibility index (Phi) is 8.97. The van der Waals surface area contributed by atoms with E-state index in [9.17, 15) is 24.0 Å². The minimum absolute atomic E-state index is 0.443. The summed E-state index contributed by atoms with van der Waals surface area (Å²) in [5.41, 5.74) is 10.3. The van der Waals surface area contributed by atoms with Crippen LogP contribution in [0.2, 0.25) is 0 Å². The van der Waals surface area contributed by atoms with Gasteiger partial charge in [0.1, 0.15) is 12.1 Å². The lowest BCUT2D eigenvalue weighted by Gasteiger charge is -2.18. The molecule has 4 amide bonds. The molecule has 12 nitrogen and oxygen atoms in total. The number of nitrogens with one attached hydrogen (secondary N) is 3. The fourth-order valence-corrected chi connectivity index (χ4v) is 1.43. The Morgan fingerprint density at radius 3 is 2.12 bits per heavy atom. The molecule has 0 aromatic carbocycles. The zero-order chi connectivity index (χ0) is 18.9. The number of aliphatic hydroxyl groups is 1. The van der Waals surface area contributed by atoms with Gasteiger partial charge in [0.2, 0.25) is 23.6 Å². The highest BCUT2D eigenvalue weighted by molar-refractivity contribution is 5.93. The zero-order valence-corrected chi connectivity index (χ0v) is 12.9. The second-order valence-corrected chi connectivity index (χ2v) is 4.87. The molecule has 0 spiro atoms. The van der Waals surface area contributed by atoms with Crippen LogP contribution >= 0.6 is 0 Å². The molecule has 0 aliphatic rings. The summed E-state index contributed by atoms with van der Waals surface area (Å²) in [5.74, 6) is -4.61. The molecule has 0 aromatic rings. The number of carbonyl (C=O) groups excluding carboxylic acids is 4. The summed E-state index contributed by atoms with van der Waals surface area (Å²) in [5, 5.41) is 24.0. The fraction of sp³-hybridized carbons (Fsp3) is 0.583. The summed E-state index contributed by atoms with van der Waals surface area (Å²) < 4.78 is 0. The van der Waals surface area contributed by atoms with Crippen molar-refractivity contribution in [2.75, 3.05) is 13.2 Å². The van der Waals surface area contributed by atoms with Gasteiger partial charge >= 0.3 is 5.97 Å². The van der Waals surface area contributed by atoms with Gasteiger partial charge in [-0.25, -0.2) is 0 Å². The van der Waals surface area contributed by atoms with E-state index in [0.717, 1.165) is 0 Å². The molecule has 0 aliphatic carbocycles. The van der Waals surface area contributed by atoms with Gasteiger partial charge in [0.05, 0.1) is 25.6 Å². The average molecular weight is 347 g/mol. The topological polar surface area (TPSA) is 214 Å². The number of aliphatic carboxylic acids is 1. The molecule has 9 N–H and O–H groups in total. The van der Waals surface area contributed by atoms with E-state index in [0.29, 0.717) is 0 Å². The lowest BCUT2D eigenvalue weighted by atomic mass is 10.2. The summed E-state index contributed by atoms with van der Waals surface area (Å²) in [4.78, 5) is 56.0. The molecule has 3 unspecified atom stereocenters. The standard InChI is InChI=1S/C12H21N5O7/c1-5(12(23)24)16-9(20)3-15-11(22)7(4-18)17-10(21)6(13)2-8(14)19/h5-7,18H,2-4,13H2,1H3,(H2,14,19)(H,15,22)(H,16,20)(H,17,21)(H,23,24). The van der Waals surface area contributed by atoms with Crippen molar-refractivity contribution in [1.82, 2.24) is 16.0 Å². The summed E-state index contributed by atoms with van der Waals surface area (Å²) in [7, 11) is 0. The number of carboxylic acid groups (broad SMARTS) is 1. The molecule has 24 heavy (non-hydrogen) atoms. The van der Waals surface area contributed by atoms with E-state index in [1.165, 1.54) is 6.92 Å². The first-order valence-corrected chi connectivity index (χ1v) is 6.83. The first kappa shape index (κ1) is 21.3. The number of rotatable bonds is 10. The van der Waals surface area contributed by atoms with Gasteiger partial charge in [-0.15, -0.1) is 0 Å². The van der Waals surface area contributed by atoms with E-state index >= 15 is 0 Å². The average Bonchev–Trinajstić information content (AvgIpc) is 2.48. The summed E-state index contributed by atoms with van der Waals surface area (Å²) in [6.45, 7) is -0.108. The van der Waals surface area contributed by atoms with Gasteiger partial charge in [-0.3, -0.25) is 24.0 Å². The number of aliphatic hydroxyl groups excluding tert-OH is 1. The summed E-state index contributed by atoms with van der Waals surface area (Å²) in [6.07, 6.45) is -0.443. The lowest BCUT2D eigenvalue weighted by molar-refractivity contribution is -0.141. The van der Waals surface area contributed by atoms with Gasteiger partial charge in [-0.1, -0.05) is 0 Å². The molecule has 0 radical (unpaired) electrons. The van der Waals surface area contributed by atoms with Crippen LogP contribution in [0, 0.1) is 0 Å². The third kappa shape index (κ3) is 8.05. The van der Waals surface area contributed by atoms with Gasteiger partial charge in [0.15, 0.2) is 0 Å². The minimum Gasteiger partial charge on any atom is -0.480 e. The molecular weight excluding hydrogens is 326 g/mol. The van der Waals surface area contributed by atoms with Gasteiger partial charge in [0.25, 0.3) is 0 Å². The number of hydrogen-bond acceptors (Lipinski definition) is 7. The van der Waals surface area contributed by atoms with Crippen LogP contribution in [0.1, 0.15) is 13.3 Å². The van der Waals surface area contributed by atoms with Crippen molar-refractivity contribution < 1.29 is 34.2 Å². The van der Waals surface area contributed by atoms with E-state index in [1.807, 2.05) is 0 Å². The van der Waals surface area contributed by atoms with E-state index in [1.54, 1.807) is 0 Å². The van der Waals surface area contributed by atoms with Crippen molar-refractivity contribution in [3.8, 4) is 0 Å². The van der Waals surface area contributed by atoms with Crippen LogP contribution in [0.25, 0.3) is 0 Å². The summed E-state index contributed by atoms with van der Waals surface area (Å²) in [6, 6.07) is -3.83. The Bertz CT molecular complexity index is 510. The lowest BCUT2D eigenvalue weighted by Crippen LogP contribution is -2.55. The molecule has 0 heterocycles. The third-order valence-corrected chi connectivity index (χ3v) is 2.74. The van der Waals surface area contributed by atoms with Crippen molar-refractivity contribution in [1.29, 1.82) is 0 Å². The first-order valence-electron chi connectivity index (χ1n) is 6.83. The first-order chi connectivity index (χ1) is 11.1. The maximum Gasteiger partial charge on any atom is 0.325 e. The van der Waals surface area contributed by atoms with Crippen molar-refractivity contribution in [3.05, 3.63) is 0 Å². The largest absolute Gasteiger partial charge is 0.480 e. The Morgan fingerprint density at radius 1 is 1.08 bits per heavy atom. The second-order valence-electron chi connectivity index (χ2n) is 4.87. The predicted molar refractivity (Wildman–Crippen MR) is 79.1 cm³/mol. The Balaban J connectivity index is 4.44. The molecule has 136 valence electrons. The second kappa shape index (κ2) is 10.1. The SMILES string of the molecule is CC(NC(=O)CNC(=O)C(CO)NC(=O)C(N)CC(N)=O)C(=O)O. The smallest absolute Gasteiger partial charge is 0.325 e. The summed E-state index contributed by atoms with van der Waals surface area (Å²) >= 11 is 0. The maximum absolute atomic E-state index is 11.8.